The van der Waals surface area contributed by atoms with Crippen LogP contribution in [0.1, 0.15) is 13.3 Å². The number of hydrogen-bond donors (Lipinski definition) is 1. The van der Waals surface area contributed by atoms with E-state index < -0.39 is 24.0 Å². The van der Waals surface area contributed by atoms with Crippen LogP contribution in [0.3, 0.4) is 0 Å². The molecule has 0 aliphatic carbocycles. The van der Waals surface area contributed by atoms with E-state index in [-0.39, 0.29) is 39.4 Å². The Morgan fingerprint density at radius 3 is 2.64 bits per heavy atom. The maximum absolute atomic E-state index is 14.4. The number of nitrogens with zero attached hydrogens (tertiary/aromatic N) is 7. The molecule has 0 radical (unpaired) electrons. The van der Waals surface area contributed by atoms with Gasteiger partial charge in [-0.3, -0.25) is 0 Å². The summed E-state index contributed by atoms with van der Waals surface area (Å²) in [6.45, 7) is 0.723. The Bertz CT molecular complexity index is 968. The Morgan fingerprint density at radius 1 is 1.29 bits per heavy atom. The molecule has 28 heavy (non-hydrogen) atoms. The molecule has 1 unspecified atom stereocenters. The lowest BCUT2D eigenvalue weighted by Gasteiger charge is -2.32. The number of rotatable bonds is 7. The number of alkyl halides is 1. The number of hydrazine groups is 3. The molecular weight excluding hydrogens is 404 g/mol. The number of aromatic nitrogens is 4. The average molecular weight is 419 g/mol. The third-order valence-corrected chi connectivity index (χ3v) is 4.22. The van der Waals surface area contributed by atoms with E-state index in [1.165, 1.54) is 25.1 Å². The Balaban J connectivity index is 2.24. The second kappa shape index (κ2) is 8.22. The summed E-state index contributed by atoms with van der Waals surface area (Å²) in [6.07, 6.45) is -0.535. The molecule has 0 saturated heterocycles. The highest BCUT2D eigenvalue weighted by Crippen LogP contribution is 2.37. The van der Waals surface area contributed by atoms with Crippen LogP contribution in [0.25, 0.3) is 16.9 Å². The third-order valence-electron chi connectivity index (χ3n) is 3.95. The summed E-state index contributed by atoms with van der Waals surface area (Å²) in [7, 11) is 0. The van der Waals surface area contributed by atoms with Gasteiger partial charge < -0.3 is 0 Å². The molecule has 1 atom stereocenters. The van der Waals surface area contributed by atoms with Crippen LogP contribution in [0.4, 0.5) is 23.6 Å². The smallest absolute Gasteiger partial charge is 0.246 e. The molecule has 0 amide bonds. The summed E-state index contributed by atoms with van der Waals surface area (Å²) in [5, 5.41) is 4.21. The van der Waals surface area contributed by atoms with Crippen LogP contribution < -0.4 is 11.0 Å². The van der Waals surface area contributed by atoms with Crippen LogP contribution in [-0.4, -0.2) is 42.9 Å². The zero-order valence-corrected chi connectivity index (χ0v) is 15.2. The summed E-state index contributed by atoms with van der Waals surface area (Å²) in [4.78, 5) is 7.84. The second-order valence-corrected chi connectivity index (χ2v) is 6.03. The lowest BCUT2D eigenvalue weighted by Crippen LogP contribution is -2.55. The molecule has 0 aliphatic rings. The summed E-state index contributed by atoms with van der Waals surface area (Å²) >= 11 is 6.20. The molecule has 0 spiro atoms. The molecule has 8 nitrogen and oxygen atoms in total. The molecule has 0 fully saturated rings. The highest BCUT2D eigenvalue weighted by Gasteiger charge is 2.31. The molecule has 3 aromatic rings. The van der Waals surface area contributed by atoms with Gasteiger partial charge in [0.2, 0.25) is 0 Å². The quantitative estimate of drug-likeness (QED) is 0.207. The van der Waals surface area contributed by atoms with Crippen molar-refractivity contribution in [1.29, 1.82) is 0 Å². The first-order chi connectivity index (χ1) is 13.3. The number of fused-ring (bicyclic) bond motifs is 1. The molecule has 2 N–H and O–H groups in total. The van der Waals surface area contributed by atoms with Crippen molar-refractivity contribution in [2.45, 2.75) is 19.5 Å². The molecule has 2 heterocycles. The Hall–Kier alpha value is -2.54. The van der Waals surface area contributed by atoms with Crippen molar-refractivity contribution >= 4 is 23.2 Å². The van der Waals surface area contributed by atoms with Gasteiger partial charge in [0.15, 0.2) is 5.82 Å². The van der Waals surface area contributed by atoms with Crippen LogP contribution in [0, 0.1) is 5.82 Å². The van der Waals surface area contributed by atoms with Crippen LogP contribution in [0.15, 0.2) is 30.6 Å². The minimum atomic E-state index is -1.61. The van der Waals surface area contributed by atoms with E-state index >= 15 is 0 Å². The maximum Gasteiger partial charge on any atom is 0.255 e. The minimum Gasteiger partial charge on any atom is -0.246 e. The fourth-order valence-electron chi connectivity index (χ4n) is 2.55. The van der Waals surface area contributed by atoms with Gasteiger partial charge in [0.1, 0.15) is 28.9 Å². The van der Waals surface area contributed by atoms with Crippen molar-refractivity contribution < 1.29 is 17.7 Å². The van der Waals surface area contributed by atoms with Crippen LogP contribution in [0.5, 0.6) is 0 Å². The highest BCUT2D eigenvalue weighted by atomic mass is 35.5. The molecule has 1 aromatic carbocycles. The summed E-state index contributed by atoms with van der Waals surface area (Å²) in [5.74, 6) is 4.87. The molecule has 13 heteroatoms. The SMILES string of the molecule is CCC(F)CN(N(F)F)N(N)c1c(-c2ccccc2F)c(Cl)nc2ncnn12. The lowest BCUT2D eigenvalue weighted by molar-refractivity contribution is -0.309. The largest absolute Gasteiger partial charge is 0.255 e. The lowest BCUT2D eigenvalue weighted by atomic mass is 10.1. The van der Waals surface area contributed by atoms with E-state index in [4.69, 9.17) is 17.4 Å². The van der Waals surface area contributed by atoms with E-state index in [9.17, 15) is 17.7 Å². The van der Waals surface area contributed by atoms with Crippen LogP contribution >= 0.6 is 11.6 Å². The van der Waals surface area contributed by atoms with Crippen molar-refractivity contribution in [3.05, 3.63) is 41.6 Å². The number of benzene rings is 1. The number of halogens is 5. The zero-order chi connectivity index (χ0) is 20.4. The summed E-state index contributed by atoms with van der Waals surface area (Å²) in [5.41, 5.74) is -1.55. The van der Waals surface area contributed by atoms with E-state index in [0.717, 1.165) is 16.9 Å². The van der Waals surface area contributed by atoms with Crippen molar-refractivity contribution in [3.8, 4) is 11.1 Å². The van der Waals surface area contributed by atoms with Crippen molar-refractivity contribution in [2.24, 2.45) is 5.84 Å². The second-order valence-electron chi connectivity index (χ2n) is 5.67. The van der Waals surface area contributed by atoms with Gasteiger partial charge in [0.05, 0.1) is 12.1 Å². The van der Waals surface area contributed by atoms with Crippen molar-refractivity contribution in [1.82, 2.24) is 30.2 Å². The first kappa shape index (κ1) is 20.2. The molecule has 0 bridgehead atoms. The van der Waals surface area contributed by atoms with Crippen molar-refractivity contribution in [3.63, 3.8) is 0 Å². The first-order valence-electron chi connectivity index (χ1n) is 8.07. The number of anilines is 1. The van der Waals surface area contributed by atoms with Crippen molar-refractivity contribution in [2.75, 3.05) is 11.7 Å². The van der Waals surface area contributed by atoms with Gasteiger partial charge in [-0.15, -0.1) is 0 Å². The highest BCUT2D eigenvalue weighted by molar-refractivity contribution is 6.33. The number of hydrogen-bond acceptors (Lipinski definition) is 7. The van der Waals surface area contributed by atoms with Gasteiger partial charge in [0, 0.05) is 5.56 Å². The fraction of sp³-hybridized carbons (Fsp3) is 0.267. The topological polar surface area (TPSA) is 78.8 Å². The predicted molar refractivity (Wildman–Crippen MR) is 93.8 cm³/mol. The average Bonchev–Trinajstić information content (AvgIpc) is 3.12. The van der Waals surface area contributed by atoms with E-state index in [2.05, 4.69) is 15.1 Å². The fourth-order valence-corrected chi connectivity index (χ4v) is 2.81. The molecule has 0 saturated carbocycles. The monoisotopic (exact) mass is 418 g/mol. The number of nitrogens with two attached hydrogens (primary N) is 1. The van der Waals surface area contributed by atoms with Crippen LogP contribution in [0.2, 0.25) is 5.15 Å². The zero-order valence-electron chi connectivity index (χ0n) is 14.5. The summed E-state index contributed by atoms with van der Waals surface area (Å²) in [6, 6.07) is 5.49. The Morgan fingerprint density at radius 2 is 2.00 bits per heavy atom. The molecular formula is C15H15ClF4N8. The molecule has 3 rings (SSSR count). The van der Waals surface area contributed by atoms with E-state index in [1.54, 1.807) is 0 Å². The maximum atomic E-state index is 14.4. The molecule has 0 aliphatic heterocycles. The molecule has 150 valence electrons. The van der Waals surface area contributed by atoms with Gasteiger partial charge in [0.25, 0.3) is 5.78 Å². The Kier molecular flexibility index (Phi) is 5.93. The van der Waals surface area contributed by atoms with Gasteiger partial charge in [-0.25, -0.2) is 19.7 Å². The molecule has 2 aromatic heterocycles. The predicted octanol–water partition coefficient (Wildman–Crippen LogP) is 3.22. The Labute approximate surface area is 161 Å². The van der Waals surface area contributed by atoms with Gasteiger partial charge in [-0.2, -0.15) is 19.6 Å². The van der Waals surface area contributed by atoms with Crippen LogP contribution in [-0.2, 0) is 0 Å². The summed E-state index contributed by atoms with van der Waals surface area (Å²) < 4.78 is 56.2. The minimum absolute atomic E-state index is 0.0197. The normalized spacial score (nSPS) is 12.9. The van der Waals surface area contributed by atoms with Gasteiger partial charge >= 0.3 is 0 Å². The third kappa shape index (κ3) is 3.71. The van der Waals surface area contributed by atoms with E-state index in [1.807, 2.05) is 0 Å². The van der Waals surface area contributed by atoms with Gasteiger partial charge in [-0.05, 0) is 12.5 Å². The van der Waals surface area contributed by atoms with E-state index in [0.29, 0.717) is 5.12 Å². The standard InChI is InChI=1S/C15H15ClF4N8/c1-2-9(17)7-25(28(19)20)27(21)14-12(10-5-3-4-6-11(10)18)13(16)24-15-22-8-23-26(14)15/h3-6,8-9H,2,7,21H2,1H3. The van der Waals surface area contributed by atoms with Gasteiger partial charge in [-0.1, -0.05) is 50.8 Å². The first-order valence-corrected chi connectivity index (χ1v) is 8.45.